The van der Waals surface area contributed by atoms with Gasteiger partial charge in [-0.2, -0.15) is 0 Å². The van der Waals surface area contributed by atoms with Gasteiger partial charge in [-0.15, -0.1) is 0 Å². The molecule has 1 fully saturated rings. The van der Waals surface area contributed by atoms with E-state index in [2.05, 4.69) is 32.2 Å². The Labute approximate surface area is 198 Å². The molecule has 3 aromatic rings. The van der Waals surface area contributed by atoms with Crippen molar-refractivity contribution in [2.24, 2.45) is 0 Å². The van der Waals surface area contributed by atoms with Gasteiger partial charge in [0.25, 0.3) is 0 Å². The van der Waals surface area contributed by atoms with E-state index in [9.17, 15) is 9.18 Å². The summed E-state index contributed by atoms with van der Waals surface area (Å²) in [5, 5.41) is 5.89. The number of carbonyl (C=O) groups is 1. The maximum Gasteiger partial charge on any atom is 0.228 e. The number of aromatic nitrogens is 3. The Morgan fingerprint density at radius 2 is 1.88 bits per heavy atom. The van der Waals surface area contributed by atoms with Crippen LogP contribution in [0.5, 0.6) is 0 Å². The molecule has 0 bridgehead atoms. The van der Waals surface area contributed by atoms with Gasteiger partial charge in [0, 0.05) is 44.4 Å². The number of hydrogen-bond donors (Lipinski definition) is 2. The Morgan fingerprint density at radius 3 is 2.53 bits per heavy atom. The standard InChI is InChI=1S/C26H27FN6O/c1-4-22(16-33(2)3)32-26-29-13-21(14-30-26)18-7-8-19(24(27)10-18)11-25(34)31-23-9-20(12-28-15-23)17-5-6-17/h4,7-10,12-17H,1,5-6,11H2,2-3H3,(H,31,34)(H,29,30,32)/b22-16+. The Balaban J connectivity index is 1.40. The number of allylic oxidation sites excluding steroid dienone is 1. The van der Waals surface area contributed by atoms with Crippen molar-refractivity contribution in [1.82, 2.24) is 19.9 Å². The molecule has 0 atom stereocenters. The predicted octanol–water partition coefficient (Wildman–Crippen LogP) is 4.74. The van der Waals surface area contributed by atoms with E-state index in [4.69, 9.17) is 0 Å². The Hall–Kier alpha value is -4.07. The highest BCUT2D eigenvalue weighted by atomic mass is 19.1. The van der Waals surface area contributed by atoms with Gasteiger partial charge >= 0.3 is 0 Å². The fourth-order valence-corrected chi connectivity index (χ4v) is 3.50. The number of nitrogens with one attached hydrogen (secondary N) is 2. The zero-order valence-electron chi connectivity index (χ0n) is 19.3. The number of hydrogen-bond acceptors (Lipinski definition) is 6. The quantitative estimate of drug-likeness (QED) is 0.451. The van der Waals surface area contributed by atoms with Crippen molar-refractivity contribution in [2.45, 2.75) is 25.2 Å². The minimum absolute atomic E-state index is 0.0678. The van der Waals surface area contributed by atoms with Gasteiger partial charge in [-0.1, -0.05) is 18.7 Å². The van der Waals surface area contributed by atoms with Crippen LogP contribution in [-0.4, -0.2) is 39.9 Å². The summed E-state index contributed by atoms with van der Waals surface area (Å²) in [7, 11) is 3.81. The molecule has 0 unspecified atom stereocenters. The highest BCUT2D eigenvalue weighted by Gasteiger charge is 2.24. The lowest BCUT2D eigenvalue weighted by Gasteiger charge is -2.11. The fourth-order valence-electron chi connectivity index (χ4n) is 3.50. The minimum atomic E-state index is -0.456. The van der Waals surface area contributed by atoms with Gasteiger partial charge in [0.1, 0.15) is 5.82 Å². The van der Waals surface area contributed by atoms with Crippen molar-refractivity contribution in [3.05, 3.63) is 90.5 Å². The number of halogens is 1. The first kappa shape index (κ1) is 23.1. The number of rotatable bonds is 9. The lowest BCUT2D eigenvalue weighted by Crippen LogP contribution is -2.15. The zero-order chi connectivity index (χ0) is 24.1. The fraction of sp³-hybridized carbons (Fsp3) is 0.231. The molecule has 0 radical (unpaired) electrons. The molecule has 1 amide bonds. The summed E-state index contributed by atoms with van der Waals surface area (Å²) in [6, 6.07) is 6.71. The van der Waals surface area contributed by atoms with Gasteiger partial charge in [-0.25, -0.2) is 14.4 Å². The zero-order valence-corrected chi connectivity index (χ0v) is 19.3. The first-order valence-electron chi connectivity index (χ1n) is 11.0. The molecule has 2 aromatic heterocycles. The third kappa shape index (κ3) is 6.04. The van der Waals surface area contributed by atoms with Crippen molar-refractivity contribution in [2.75, 3.05) is 24.7 Å². The number of nitrogens with zero attached hydrogens (tertiary/aromatic N) is 4. The largest absolute Gasteiger partial charge is 0.382 e. The van der Waals surface area contributed by atoms with Crippen LogP contribution in [-0.2, 0) is 11.2 Å². The summed E-state index contributed by atoms with van der Waals surface area (Å²) in [5.74, 6) is 0.207. The SMILES string of the molecule is C=C/C(=C\N(C)C)Nc1ncc(-c2ccc(CC(=O)Nc3cncc(C4CC4)c3)c(F)c2)cn1. The molecule has 0 saturated heterocycles. The van der Waals surface area contributed by atoms with Crippen LogP contribution < -0.4 is 10.6 Å². The predicted molar refractivity (Wildman–Crippen MR) is 132 cm³/mol. The molecule has 7 nitrogen and oxygen atoms in total. The third-order valence-electron chi connectivity index (χ3n) is 5.35. The van der Waals surface area contributed by atoms with Crippen LogP contribution in [0.1, 0.15) is 29.9 Å². The highest BCUT2D eigenvalue weighted by Crippen LogP contribution is 2.40. The average molecular weight is 459 g/mol. The molecular formula is C26H27FN6O. The third-order valence-corrected chi connectivity index (χ3v) is 5.35. The molecule has 8 heteroatoms. The van der Waals surface area contributed by atoms with Crippen LogP contribution in [0, 0.1) is 5.82 Å². The van der Waals surface area contributed by atoms with Crippen molar-refractivity contribution in [1.29, 1.82) is 0 Å². The molecule has 4 rings (SSSR count). The Bertz CT molecular complexity index is 1220. The summed E-state index contributed by atoms with van der Waals surface area (Å²) in [6.45, 7) is 3.76. The molecule has 0 spiro atoms. The van der Waals surface area contributed by atoms with E-state index in [1.54, 1.807) is 36.8 Å². The van der Waals surface area contributed by atoms with Crippen LogP contribution >= 0.6 is 0 Å². The first-order valence-corrected chi connectivity index (χ1v) is 11.0. The van der Waals surface area contributed by atoms with Crippen molar-refractivity contribution < 1.29 is 9.18 Å². The maximum absolute atomic E-state index is 14.8. The maximum atomic E-state index is 14.8. The normalized spacial score (nSPS) is 13.3. The topological polar surface area (TPSA) is 83.0 Å². The summed E-state index contributed by atoms with van der Waals surface area (Å²) < 4.78 is 14.8. The minimum Gasteiger partial charge on any atom is -0.382 e. The second kappa shape index (κ2) is 10.2. The van der Waals surface area contributed by atoms with Gasteiger partial charge in [0.15, 0.2) is 0 Å². The van der Waals surface area contributed by atoms with E-state index < -0.39 is 5.82 Å². The lowest BCUT2D eigenvalue weighted by molar-refractivity contribution is -0.115. The smallest absolute Gasteiger partial charge is 0.228 e. The molecular weight excluding hydrogens is 431 g/mol. The van der Waals surface area contributed by atoms with E-state index in [-0.39, 0.29) is 12.3 Å². The summed E-state index contributed by atoms with van der Waals surface area (Å²) in [4.78, 5) is 27.1. The van der Waals surface area contributed by atoms with E-state index in [0.29, 0.717) is 34.2 Å². The monoisotopic (exact) mass is 458 g/mol. The van der Waals surface area contributed by atoms with Crippen LogP contribution in [0.15, 0.2) is 73.6 Å². The number of pyridine rings is 1. The second-order valence-corrected chi connectivity index (χ2v) is 8.48. The molecule has 34 heavy (non-hydrogen) atoms. The van der Waals surface area contributed by atoms with E-state index in [1.165, 1.54) is 6.07 Å². The second-order valence-electron chi connectivity index (χ2n) is 8.48. The number of benzene rings is 1. The van der Waals surface area contributed by atoms with Crippen molar-refractivity contribution in [3.63, 3.8) is 0 Å². The Morgan fingerprint density at radius 1 is 1.12 bits per heavy atom. The molecule has 2 heterocycles. The average Bonchev–Trinajstić information content (AvgIpc) is 3.66. The van der Waals surface area contributed by atoms with Crippen molar-refractivity contribution in [3.8, 4) is 11.1 Å². The number of carbonyl (C=O) groups excluding carboxylic acids is 1. The molecule has 1 aliphatic carbocycles. The van der Waals surface area contributed by atoms with Crippen LogP contribution in [0.25, 0.3) is 11.1 Å². The molecule has 1 aliphatic rings. The molecule has 0 aliphatic heterocycles. The van der Waals surface area contributed by atoms with Crippen LogP contribution in [0.3, 0.4) is 0 Å². The number of amides is 1. The van der Waals surface area contributed by atoms with Crippen LogP contribution in [0.4, 0.5) is 16.0 Å². The van der Waals surface area contributed by atoms with Gasteiger partial charge < -0.3 is 15.5 Å². The highest BCUT2D eigenvalue weighted by molar-refractivity contribution is 5.92. The first-order chi connectivity index (χ1) is 16.4. The van der Waals surface area contributed by atoms with Gasteiger partial charge in [0.05, 0.1) is 24.0 Å². The van der Waals surface area contributed by atoms with Crippen LogP contribution in [0.2, 0.25) is 0 Å². The van der Waals surface area contributed by atoms with Crippen molar-refractivity contribution >= 4 is 17.5 Å². The molecule has 2 N–H and O–H groups in total. The number of anilines is 2. The molecule has 174 valence electrons. The summed E-state index contributed by atoms with van der Waals surface area (Å²) >= 11 is 0. The summed E-state index contributed by atoms with van der Waals surface area (Å²) in [5.41, 5.74) is 4.13. The molecule has 1 aromatic carbocycles. The molecule has 1 saturated carbocycles. The van der Waals surface area contributed by atoms with E-state index in [1.807, 2.05) is 37.5 Å². The van der Waals surface area contributed by atoms with Gasteiger partial charge in [0.2, 0.25) is 11.9 Å². The van der Waals surface area contributed by atoms with Gasteiger partial charge in [-0.3, -0.25) is 9.78 Å². The van der Waals surface area contributed by atoms with E-state index >= 15 is 0 Å². The Kier molecular flexibility index (Phi) is 6.96. The van der Waals surface area contributed by atoms with Gasteiger partial charge in [-0.05, 0) is 53.7 Å². The van der Waals surface area contributed by atoms with E-state index in [0.717, 1.165) is 24.1 Å². The summed E-state index contributed by atoms with van der Waals surface area (Å²) in [6.07, 6.45) is 12.4. The lowest BCUT2D eigenvalue weighted by atomic mass is 10.0.